The zero-order valence-electron chi connectivity index (χ0n) is 18.3. The van der Waals surface area contributed by atoms with Crippen LogP contribution in [0.25, 0.3) is 33.2 Å². The number of carbonyl (C=O) groups is 2. The number of carbonyl (C=O) groups excluding carboxylic acids is 1. The molecular weight excluding hydrogens is 424 g/mol. The number of aromatic amines is 1. The largest absolute Gasteiger partial charge is 0.496 e. The normalized spacial score (nSPS) is 10.8. The van der Waals surface area contributed by atoms with Crippen molar-refractivity contribution in [3.8, 4) is 33.9 Å². The lowest BCUT2D eigenvalue weighted by molar-refractivity contribution is -0.136. The summed E-state index contributed by atoms with van der Waals surface area (Å²) < 4.78 is 16.1. The number of hydrogen-bond acceptors (Lipinski definition) is 6. The molecular formula is C25H22N2O6. The highest BCUT2D eigenvalue weighted by atomic mass is 16.5. The number of aromatic nitrogens is 2. The van der Waals surface area contributed by atoms with E-state index in [4.69, 9.17) is 14.2 Å². The number of benzene rings is 3. The minimum absolute atomic E-state index is 0.100. The summed E-state index contributed by atoms with van der Waals surface area (Å²) in [7, 11) is 4.33. The first-order chi connectivity index (χ1) is 16.0. The number of hydrogen-bond donors (Lipinski definition) is 2. The minimum Gasteiger partial charge on any atom is -0.496 e. The van der Waals surface area contributed by atoms with Gasteiger partial charge in [-0.2, -0.15) is 5.10 Å². The molecule has 3 aromatic carbocycles. The maximum absolute atomic E-state index is 12.8. The molecule has 0 aliphatic heterocycles. The van der Waals surface area contributed by atoms with Gasteiger partial charge < -0.3 is 19.3 Å². The maximum Gasteiger partial charge on any atom is 0.356 e. The Bertz CT molecular complexity index is 1340. The number of aliphatic carboxylic acids is 1. The van der Waals surface area contributed by atoms with Gasteiger partial charge in [0.2, 0.25) is 0 Å². The molecule has 0 spiro atoms. The Balaban J connectivity index is 2.16. The quantitative estimate of drug-likeness (QED) is 0.407. The van der Waals surface area contributed by atoms with Gasteiger partial charge in [-0.15, -0.1) is 0 Å². The number of ether oxygens (including phenoxy) is 3. The maximum atomic E-state index is 12.8. The van der Waals surface area contributed by atoms with E-state index in [-0.39, 0.29) is 12.1 Å². The molecule has 1 aromatic heterocycles. The smallest absolute Gasteiger partial charge is 0.356 e. The van der Waals surface area contributed by atoms with E-state index in [9.17, 15) is 14.7 Å². The average Bonchev–Trinajstić information content (AvgIpc) is 3.26. The predicted molar refractivity (Wildman–Crippen MR) is 123 cm³/mol. The molecule has 2 N–H and O–H groups in total. The molecule has 1 heterocycles. The fourth-order valence-corrected chi connectivity index (χ4v) is 4.02. The van der Waals surface area contributed by atoms with Gasteiger partial charge in [-0.1, -0.05) is 42.5 Å². The molecule has 0 amide bonds. The first-order valence-corrected chi connectivity index (χ1v) is 10.1. The fourth-order valence-electron chi connectivity index (χ4n) is 4.02. The summed E-state index contributed by atoms with van der Waals surface area (Å²) >= 11 is 0. The Kier molecular flexibility index (Phi) is 5.99. The SMILES string of the molecule is COC(=O)c1[nH]nc(-c2c(OC)cccc2OC)c1-c1c(CC(=O)O)ccc2ccccc12. The van der Waals surface area contributed by atoms with Crippen molar-refractivity contribution in [2.45, 2.75) is 6.42 Å². The third-order valence-electron chi connectivity index (χ3n) is 5.43. The number of fused-ring (bicyclic) bond motifs is 1. The Morgan fingerprint density at radius 1 is 0.879 bits per heavy atom. The Hall–Kier alpha value is -4.33. The molecule has 0 bridgehead atoms. The monoisotopic (exact) mass is 446 g/mol. The van der Waals surface area contributed by atoms with Crippen LogP contribution < -0.4 is 9.47 Å². The summed E-state index contributed by atoms with van der Waals surface area (Å²) in [5.41, 5.74) is 2.53. The minimum atomic E-state index is -0.994. The van der Waals surface area contributed by atoms with Crippen LogP contribution in [0.2, 0.25) is 0 Å². The van der Waals surface area contributed by atoms with E-state index in [0.717, 1.165) is 10.8 Å². The van der Waals surface area contributed by atoms with Crippen LogP contribution in [0.1, 0.15) is 16.1 Å². The molecule has 0 unspecified atom stereocenters. The second kappa shape index (κ2) is 9.04. The topological polar surface area (TPSA) is 111 Å². The molecule has 33 heavy (non-hydrogen) atoms. The molecule has 0 saturated carbocycles. The van der Waals surface area contributed by atoms with Gasteiger partial charge in [0.05, 0.1) is 33.3 Å². The number of nitrogens with one attached hydrogen (secondary N) is 1. The lowest BCUT2D eigenvalue weighted by Gasteiger charge is -2.16. The highest BCUT2D eigenvalue weighted by molar-refractivity contribution is 6.09. The van der Waals surface area contributed by atoms with E-state index < -0.39 is 11.9 Å². The fraction of sp³-hybridized carbons (Fsp3) is 0.160. The zero-order chi connectivity index (χ0) is 23.5. The average molecular weight is 446 g/mol. The third-order valence-corrected chi connectivity index (χ3v) is 5.43. The van der Waals surface area contributed by atoms with Gasteiger partial charge in [0.25, 0.3) is 0 Å². The number of methoxy groups -OCH3 is 3. The van der Waals surface area contributed by atoms with E-state index in [1.54, 1.807) is 24.3 Å². The van der Waals surface area contributed by atoms with Gasteiger partial charge >= 0.3 is 11.9 Å². The summed E-state index contributed by atoms with van der Waals surface area (Å²) in [6, 6.07) is 16.5. The van der Waals surface area contributed by atoms with E-state index in [2.05, 4.69) is 10.2 Å². The number of carboxylic acids is 1. The summed E-state index contributed by atoms with van der Waals surface area (Å²) in [4.78, 5) is 24.5. The lowest BCUT2D eigenvalue weighted by Crippen LogP contribution is -2.07. The molecule has 0 radical (unpaired) electrons. The second-order valence-corrected chi connectivity index (χ2v) is 7.24. The molecule has 0 atom stereocenters. The summed E-state index contributed by atoms with van der Waals surface area (Å²) in [6.07, 6.45) is -0.242. The first-order valence-electron chi connectivity index (χ1n) is 10.1. The molecule has 4 aromatic rings. The zero-order valence-corrected chi connectivity index (χ0v) is 18.3. The van der Waals surface area contributed by atoms with Gasteiger partial charge in [0.1, 0.15) is 17.2 Å². The molecule has 8 nitrogen and oxygen atoms in total. The molecule has 0 fully saturated rings. The molecule has 4 rings (SSSR count). The lowest BCUT2D eigenvalue weighted by atomic mass is 9.88. The molecule has 0 aliphatic carbocycles. The molecule has 0 saturated heterocycles. The van der Waals surface area contributed by atoms with Crippen LogP contribution in [-0.4, -0.2) is 48.6 Å². The van der Waals surface area contributed by atoms with Crippen molar-refractivity contribution < 1.29 is 28.9 Å². The van der Waals surface area contributed by atoms with Crippen molar-refractivity contribution in [1.82, 2.24) is 10.2 Å². The van der Waals surface area contributed by atoms with Gasteiger partial charge in [-0.3, -0.25) is 9.89 Å². The van der Waals surface area contributed by atoms with Crippen LogP contribution in [0.3, 0.4) is 0 Å². The highest BCUT2D eigenvalue weighted by Gasteiger charge is 2.29. The Morgan fingerprint density at radius 2 is 1.58 bits per heavy atom. The highest BCUT2D eigenvalue weighted by Crippen LogP contribution is 2.45. The number of esters is 1. The molecule has 0 aliphatic rings. The van der Waals surface area contributed by atoms with Crippen molar-refractivity contribution in [2.75, 3.05) is 21.3 Å². The molecule has 8 heteroatoms. The van der Waals surface area contributed by atoms with Crippen LogP contribution in [0.5, 0.6) is 11.5 Å². The van der Waals surface area contributed by atoms with E-state index in [0.29, 0.717) is 39.4 Å². The number of carboxylic acid groups (broad SMARTS) is 1. The van der Waals surface area contributed by atoms with Crippen LogP contribution in [-0.2, 0) is 16.0 Å². The van der Waals surface area contributed by atoms with Gasteiger partial charge in [0.15, 0.2) is 5.69 Å². The van der Waals surface area contributed by atoms with Crippen molar-refractivity contribution >= 4 is 22.7 Å². The van der Waals surface area contributed by atoms with Gasteiger partial charge in [-0.25, -0.2) is 4.79 Å². The number of H-pyrrole nitrogens is 1. The van der Waals surface area contributed by atoms with Crippen molar-refractivity contribution in [3.63, 3.8) is 0 Å². The Morgan fingerprint density at radius 3 is 2.21 bits per heavy atom. The van der Waals surface area contributed by atoms with Crippen molar-refractivity contribution in [2.24, 2.45) is 0 Å². The second-order valence-electron chi connectivity index (χ2n) is 7.24. The summed E-state index contributed by atoms with van der Waals surface area (Å²) in [6.45, 7) is 0. The van der Waals surface area contributed by atoms with E-state index in [1.807, 2.05) is 30.3 Å². The van der Waals surface area contributed by atoms with Gasteiger partial charge in [0, 0.05) is 5.56 Å². The van der Waals surface area contributed by atoms with Crippen LogP contribution >= 0.6 is 0 Å². The first kappa shape index (κ1) is 21.9. The summed E-state index contributed by atoms with van der Waals surface area (Å²) in [5, 5.41) is 18.5. The van der Waals surface area contributed by atoms with E-state index >= 15 is 0 Å². The predicted octanol–water partition coefficient (Wildman–Crippen LogP) is 4.33. The Labute approximate surface area is 189 Å². The molecule has 168 valence electrons. The van der Waals surface area contributed by atoms with Crippen LogP contribution in [0.15, 0.2) is 54.6 Å². The number of rotatable bonds is 7. The van der Waals surface area contributed by atoms with E-state index in [1.165, 1.54) is 21.3 Å². The summed E-state index contributed by atoms with van der Waals surface area (Å²) in [5.74, 6) is -0.657. The number of nitrogens with zero attached hydrogens (tertiary/aromatic N) is 1. The van der Waals surface area contributed by atoms with Crippen LogP contribution in [0.4, 0.5) is 0 Å². The van der Waals surface area contributed by atoms with Crippen molar-refractivity contribution in [1.29, 1.82) is 0 Å². The standard InChI is InChI=1S/C25H22N2O6/c1-31-17-9-6-10-18(32-2)21(17)23-22(24(27-26-23)25(30)33-3)20-15(13-19(28)29)12-11-14-7-4-5-8-16(14)20/h4-12H,13H2,1-3H3,(H,26,27)(H,28,29). The van der Waals surface area contributed by atoms with Gasteiger partial charge in [-0.05, 0) is 34.0 Å². The third kappa shape index (κ3) is 3.87. The van der Waals surface area contributed by atoms with Crippen LogP contribution in [0, 0.1) is 0 Å². The van der Waals surface area contributed by atoms with Crippen molar-refractivity contribution in [3.05, 3.63) is 65.9 Å².